The fourth-order valence-electron chi connectivity index (χ4n) is 3.18. The largest absolute Gasteiger partial charge is 0.493 e. The SMILES string of the molecule is COc1ccccc1OC1CCN(C(N)=O)C(c2ccc(=O)n(C)n2)C1. The van der Waals surface area contributed by atoms with Crippen molar-refractivity contribution >= 4 is 6.03 Å². The van der Waals surface area contributed by atoms with Crippen LogP contribution in [0.5, 0.6) is 11.5 Å². The maximum atomic E-state index is 11.8. The van der Waals surface area contributed by atoms with Crippen LogP contribution >= 0.6 is 0 Å². The average Bonchev–Trinajstić information content (AvgIpc) is 2.64. The molecule has 8 heteroatoms. The molecule has 2 atom stereocenters. The van der Waals surface area contributed by atoms with E-state index in [1.807, 2.05) is 24.3 Å². The molecule has 2 heterocycles. The lowest BCUT2D eigenvalue weighted by Crippen LogP contribution is -2.47. The molecule has 0 bridgehead atoms. The Morgan fingerprint density at radius 1 is 1.23 bits per heavy atom. The number of nitrogens with two attached hydrogens (primary N) is 1. The minimum atomic E-state index is -0.513. The van der Waals surface area contributed by atoms with E-state index in [2.05, 4.69) is 5.10 Å². The lowest BCUT2D eigenvalue weighted by Gasteiger charge is -2.38. The number of primary amides is 1. The molecule has 2 N–H and O–H groups in total. The third-order valence-corrected chi connectivity index (χ3v) is 4.52. The van der Waals surface area contributed by atoms with Crippen LogP contribution in [0.15, 0.2) is 41.2 Å². The smallest absolute Gasteiger partial charge is 0.315 e. The Morgan fingerprint density at radius 3 is 2.62 bits per heavy atom. The van der Waals surface area contributed by atoms with Crippen LogP contribution in [-0.2, 0) is 7.05 Å². The topological polar surface area (TPSA) is 99.7 Å². The minimum Gasteiger partial charge on any atom is -0.493 e. The first-order valence-corrected chi connectivity index (χ1v) is 8.39. The second-order valence-electron chi connectivity index (χ2n) is 6.18. The van der Waals surface area contributed by atoms with Crippen LogP contribution in [-0.4, -0.2) is 40.5 Å². The number of hydrogen-bond donors (Lipinski definition) is 1. The maximum absolute atomic E-state index is 11.8. The Labute approximate surface area is 151 Å². The number of carbonyl (C=O) groups excluding carboxylic acids is 1. The molecular weight excluding hydrogens is 336 g/mol. The van der Waals surface area contributed by atoms with E-state index in [1.165, 1.54) is 10.7 Å². The summed E-state index contributed by atoms with van der Waals surface area (Å²) in [6, 6.07) is 9.63. The number of aryl methyl sites for hydroxylation is 1. The van der Waals surface area contributed by atoms with Crippen molar-refractivity contribution in [2.45, 2.75) is 25.0 Å². The second-order valence-corrected chi connectivity index (χ2v) is 6.18. The van der Waals surface area contributed by atoms with Crippen LogP contribution < -0.4 is 20.8 Å². The van der Waals surface area contributed by atoms with Gasteiger partial charge in [0.05, 0.1) is 18.8 Å². The Kier molecular flexibility index (Phi) is 5.11. The molecule has 1 aromatic carbocycles. The van der Waals surface area contributed by atoms with Crippen LogP contribution in [0, 0.1) is 0 Å². The Bertz CT molecular complexity index is 851. The molecule has 1 aromatic heterocycles. The molecule has 0 radical (unpaired) electrons. The van der Waals surface area contributed by atoms with E-state index in [4.69, 9.17) is 15.2 Å². The molecule has 138 valence electrons. The van der Waals surface area contributed by atoms with E-state index in [0.717, 1.165) is 0 Å². The number of amides is 2. The molecular formula is C18H22N4O4. The number of urea groups is 1. The first-order valence-electron chi connectivity index (χ1n) is 8.39. The van der Waals surface area contributed by atoms with Gasteiger partial charge in [0.1, 0.15) is 6.10 Å². The maximum Gasteiger partial charge on any atom is 0.315 e. The monoisotopic (exact) mass is 358 g/mol. The quantitative estimate of drug-likeness (QED) is 0.892. The van der Waals surface area contributed by atoms with Crippen molar-refractivity contribution in [1.82, 2.24) is 14.7 Å². The Balaban J connectivity index is 1.84. The lowest BCUT2D eigenvalue weighted by atomic mass is 9.96. The minimum absolute atomic E-state index is 0.133. The summed E-state index contributed by atoms with van der Waals surface area (Å²) < 4.78 is 12.7. The summed E-state index contributed by atoms with van der Waals surface area (Å²) in [6.45, 7) is 0.449. The van der Waals surface area contributed by atoms with E-state index in [-0.39, 0.29) is 17.7 Å². The van der Waals surface area contributed by atoms with Crippen molar-refractivity contribution in [2.24, 2.45) is 12.8 Å². The van der Waals surface area contributed by atoms with Gasteiger partial charge in [0.2, 0.25) is 0 Å². The highest BCUT2D eigenvalue weighted by Crippen LogP contribution is 2.34. The highest BCUT2D eigenvalue weighted by atomic mass is 16.5. The third kappa shape index (κ3) is 3.63. The predicted octanol–water partition coefficient (Wildman–Crippen LogP) is 1.45. The number of rotatable bonds is 4. The number of ether oxygens (including phenoxy) is 2. The number of nitrogens with zero attached hydrogens (tertiary/aromatic N) is 3. The highest BCUT2D eigenvalue weighted by molar-refractivity contribution is 5.72. The molecule has 26 heavy (non-hydrogen) atoms. The van der Waals surface area contributed by atoms with Gasteiger partial charge in [-0.3, -0.25) is 4.79 Å². The summed E-state index contributed by atoms with van der Waals surface area (Å²) >= 11 is 0. The summed E-state index contributed by atoms with van der Waals surface area (Å²) in [7, 11) is 3.17. The summed E-state index contributed by atoms with van der Waals surface area (Å²) in [4.78, 5) is 25.0. The molecule has 1 saturated heterocycles. The van der Waals surface area contributed by atoms with Crippen molar-refractivity contribution in [3.05, 3.63) is 52.4 Å². The number of carbonyl (C=O) groups is 1. The summed E-state index contributed by atoms with van der Waals surface area (Å²) in [5.74, 6) is 1.31. The van der Waals surface area contributed by atoms with Gasteiger partial charge in [-0.05, 0) is 18.2 Å². The Morgan fingerprint density at radius 2 is 1.96 bits per heavy atom. The van der Waals surface area contributed by atoms with Crippen molar-refractivity contribution in [1.29, 1.82) is 0 Å². The number of likely N-dealkylation sites (tertiary alicyclic amines) is 1. The average molecular weight is 358 g/mol. The van der Waals surface area contributed by atoms with Crippen molar-refractivity contribution in [3.8, 4) is 11.5 Å². The summed E-state index contributed by atoms with van der Waals surface area (Å²) in [5.41, 5.74) is 5.94. The number of para-hydroxylation sites is 2. The van der Waals surface area contributed by atoms with E-state index < -0.39 is 6.03 Å². The molecule has 8 nitrogen and oxygen atoms in total. The zero-order valence-corrected chi connectivity index (χ0v) is 14.8. The fraction of sp³-hybridized carbons (Fsp3) is 0.389. The van der Waals surface area contributed by atoms with E-state index in [9.17, 15) is 9.59 Å². The summed E-state index contributed by atoms with van der Waals surface area (Å²) in [6.07, 6.45) is 1.03. The van der Waals surface area contributed by atoms with Gasteiger partial charge in [0, 0.05) is 32.5 Å². The lowest BCUT2D eigenvalue weighted by molar-refractivity contribution is 0.0723. The molecule has 2 amide bonds. The van der Waals surface area contributed by atoms with Crippen LogP contribution in [0.25, 0.3) is 0 Å². The molecule has 0 saturated carbocycles. The van der Waals surface area contributed by atoms with Gasteiger partial charge in [-0.15, -0.1) is 0 Å². The molecule has 2 aromatic rings. The number of benzene rings is 1. The van der Waals surface area contributed by atoms with Gasteiger partial charge in [0.15, 0.2) is 11.5 Å². The standard InChI is InChI=1S/C18H22N4O4/c1-21-17(23)8-7-13(20-21)14-11-12(9-10-22(14)18(19)24)26-16-6-4-3-5-15(16)25-2/h3-8,12,14H,9-11H2,1-2H3,(H2,19,24). The Hall–Kier alpha value is -3.03. The molecule has 2 unspecified atom stereocenters. The van der Waals surface area contributed by atoms with Crippen molar-refractivity contribution < 1.29 is 14.3 Å². The number of aromatic nitrogens is 2. The fourth-order valence-corrected chi connectivity index (χ4v) is 3.18. The van der Waals surface area contributed by atoms with Gasteiger partial charge < -0.3 is 20.1 Å². The highest BCUT2D eigenvalue weighted by Gasteiger charge is 2.34. The zero-order valence-electron chi connectivity index (χ0n) is 14.8. The zero-order chi connectivity index (χ0) is 18.7. The van der Waals surface area contributed by atoms with Gasteiger partial charge in [-0.2, -0.15) is 5.10 Å². The van der Waals surface area contributed by atoms with Crippen molar-refractivity contribution in [3.63, 3.8) is 0 Å². The summed E-state index contributed by atoms with van der Waals surface area (Å²) in [5, 5.41) is 4.28. The van der Waals surface area contributed by atoms with Crippen LogP contribution in [0.4, 0.5) is 4.79 Å². The number of hydrogen-bond acceptors (Lipinski definition) is 5. The molecule has 0 aliphatic carbocycles. The van der Waals surface area contributed by atoms with E-state index in [1.54, 1.807) is 25.1 Å². The number of methoxy groups -OCH3 is 1. The van der Waals surface area contributed by atoms with Crippen LogP contribution in [0.3, 0.4) is 0 Å². The molecule has 1 aliphatic heterocycles. The number of piperidine rings is 1. The van der Waals surface area contributed by atoms with Gasteiger partial charge >= 0.3 is 6.03 Å². The first-order chi connectivity index (χ1) is 12.5. The molecule has 1 aliphatic rings. The third-order valence-electron chi connectivity index (χ3n) is 4.52. The van der Waals surface area contributed by atoms with Crippen LogP contribution in [0.1, 0.15) is 24.6 Å². The molecule has 1 fully saturated rings. The second kappa shape index (κ2) is 7.47. The molecule has 3 rings (SSSR count). The van der Waals surface area contributed by atoms with Gasteiger partial charge in [0.25, 0.3) is 5.56 Å². The van der Waals surface area contributed by atoms with E-state index >= 15 is 0 Å². The van der Waals surface area contributed by atoms with Gasteiger partial charge in [-0.25, -0.2) is 9.48 Å². The first kappa shape index (κ1) is 17.8. The van der Waals surface area contributed by atoms with Crippen molar-refractivity contribution in [2.75, 3.05) is 13.7 Å². The van der Waals surface area contributed by atoms with E-state index in [0.29, 0.717) is 36.6 Å². The normalized spacial score (nSPS) is 19.8. The molecule has 0 spiro atoms. The predicted molar refractivity (Wildman–Crippen MR) is 95.2 cm³/mol. The van der Waals surface area contributed by atoms with Gasteiger partial charge in [-0.1, -0.05) is 12.1 Å². The van der Waals surface area contributed by atoms with Crippen LogP contribution in [0.2, 0.25) is 0 Å².